The van der Waals surface area contributed by atoms with Crippen molar-refractivity contribution in [2.75, 3.05) is 0 Å². The molecule has 1 fully saturated rings. The highest BCUT2D eigenvalue weighted by Crippen LogP contribution is 2.53. The van der Waals surface area contributed by atoms with Crippen LogP contribution >= 0.6 is 0 Å². The van der Waals surface area contributed by atoms with Gasteiger partial charge in [0.15, 0.2) is 0 Å². The van der Waals surface area contributed by atoms with Crippen LogP contribution in [0.4, 0.5) is 0 Å². The fourth-order valence-corrected chi connectivity index (χ4v) is 3.69. The molecular formula is C16H32O. The lowest BCUT2D eigenvalue weighted by Crippen LogP contribution is -2.40. The van der Waals surface area contributed by atoms with Crippen molar-refractivity contribution < 1.29 is 4.74 Å². The Morgan fingerprint density at radius 3 is 1.82 bits per heavy atom. The molecular weight excluding hydrogens is 208 g/mol. The lowest BCUT2D eigenvalue weighted by atomic mass is 9.62. The van der Waals surface area contributed by atoms with Crippen LogP contribution in [0.3, 0.4) is 0 Å². The minimum absolute atomic E-state index is 0.272. The highest BCUT2D eigenvalue weighted by molar-refractivity contribution is 5.00. The lowest BCUT2D eigenvalue weighted by Gasteiger charge is -2.41. The summed E-state index contributed by atoms with van der Waals surface area (Å²) in [5.74, 6) is 0.629. The van der Waals surface area contributed by atoms with Crippen molar-refractivity contribution in [3.05, 3.63) is 0 Å². The van der Waals surface area contributed by atoms with Gasteiger partial charge in [-0.25, -0.2) is 0 Å². The van der Waals surface area contributed by atoms with Crippen molar-refractivity contribution in [1.82, 2.24) is 0 Å². The second-order valence-corrected chi connectivity index (χ2v) is 8.75. The minimum atomic E-state index is 0.272. The van der Waals surface area contributed by atoms with Gasteiger partial charge in [-0.15, -0.1) is 0 Å². The van der Waals surface area contributed by atoms with Crippen LogP contribution in [0.1, 0.15) is 68.7 Å². The number of ether oxygens (including phenoxy) is 1. The molecule has 1 saturated heterocycles. The largest absolute Gasteiger partial charge is 0.374 e. The third-order valence-electron chi connectivity index (χ3n) is 4.35. The molecule has 102 valence electrons. The van der Waals surface area contributed by atoms with Gasteiger partial charge >= 0.3 is 0 Å². The molecule has 1 rings (SSSR count). The van der Waals surface area contributed by atoms with Gasteiger partial charge in [0, 0.05) is 0 Å². The van der Waals surface area contributed by atoms with E-state index < -0.39 is 0 Å². The highest BCUT2D eigenvalue weighted by atomic mass is 16.5. The van der Waals surface area contributed by atoms with Gasteiger partial charge in [0.1, 0.15) is 0 Å². The summed E-state index contributed by atoms with van der Waals surface area (Å²) in [6.07, 6.45) is 1.92. The normalized spacial score (nSPS) is 34.1. The van der Waals surface area contributed by atoms with E-state index in [1.54, 1.807) is 0 Å². The SMILES string of the molecule is C[C@@H]1O[C@H](CC(C)(C)C)[C@H](C(C)(C)C)C1(C)C. The lowest BCUT2D eigenvalue weighted by molar-refractivity contribution is 0.000455. The monoisotopic (exact) mass is 240 g/mol. The maximum atomic E-state index is 6.29. The maximum Gasteiger partial charge on any atom is 0.0623 e. The van der Waals surface area contributed by atoms with Crippen molar-refractivity contribution in [1.29, 1.82) is 0 Å². The first-order valence-corrected chi connectivity index (χ1v) is 7.01. The Morgan fingerprint density at radius 1 is 1.00 bits per heavy atom. The molecule has 1 aliphatic rings. The van der Waals surface area contributed by atoms with E-state index in [9.17, 15) is 0 Å². The molecule has 0 unspecified atom stereocenters. The third-order valence-corrected chi connectivity index (χ3v) is 4.35. The van der Waals surface area contributed by atoms with Crippen LogP contribution in [0.15, 0.2) is 0 Å². The number of rotatable bonds is 1. The molecule has 0 aromatic carbocycles. The summed E-state index contributed by atoms with van der Waals surface area (Å²) in [5, 5.41) is 0. The van der Waals surface area contributed by atoms with Crippen LogP contribution in [-0.4, -0.2) is 12.2 Å². The molecule has 1 heterocycles. The molecule has 0 radical (unpaired) electrons. The summed E-state index contributed by atoms with van der Waals surface area (Å²) in [7, 11) is 0. The molecule has 17 heavy (non-hydrogen) atoms. The van der Waals surface area contributed by atoms with Gasteiger partial charge in [-0.05, 0) is 35.5 Å². The predicted octanol–water partition coefficient (Wildman–Crippen LogP) is 4.90. The molecule has 0 bridgehead atoms. The number of hydrogen-bond donors (Lipinski definition) is 0. The molecule has 0 aliphatic carbocycles. The second kappa shape index (κ2) is 4.26. The summed E-state index contributed by atoms with van der Waals surface area (Å²) in [5.41, 5.74) is 0.923. The zero-order chi connectivity index (χ0) is 13.6. The third kappa shape index (κ3) is 3.24. The fourth-order valence-electron chi connectivity index (χ4n) is 3.69. The topological polar surface area (TPSA) is 9.23 Å². The average molecular weight is 240 g/mol. The summed E-state index contributed by atoms with van der Waals surface area (Å²) in [4.78, 5) is 0. The Balaban J connectivity index is 2.99. The maximum absolute atomic E-state index is 6.29. The predicted molar refractivity (Wildman–Crippen MR) is 75.1 cm³/mol. The van der Waals surface area contributed by atoms with Crippen molar-refractivity contribution in [3.8, 4) is 0 Å². The van der Waals surface area contributed by atoms with E-state index in [-0.39, 0.29) is 5.41 Å². The van der Waals surface area contributed by atoms with Crippen LogP contribution in [0.2, 0.25) is 0 Å². The average Bonchev–Trinajstić information content (AvgIpc) is 2.15. The molecule has 1 nitrogen and oxygen atoms in total. The van der Waals surface area contributed by atoms with Gasteiger partial charge in [-0.2, -0.15) is 0 Å². The first-order chi connectivity index (χ1) is 7.36. The minimum Gasteiger partial charge on any atom is -0.374 e. The van der Waals surface area contributed by atoms with E-state index in [0.29, 0.717) is 29.0 Å². The smallest absolute Gasteiger partial charge is 0.0623 e. The molecule has 1 aliphatic heterocycles. The quantitative estimate of drug-likeness (QED) is 0.633. The zero-order valence-electron chi connectivity index (χ0n) is 13.3. The Bertz CT molecular complexity index is 264. The Morgan fingerprint density at radius 2 is 1.47 bits per heavy atom. The van der Waals surface area contributed by atoms with E-state index in [0.717, 1.165) is 6.42 Å². The van der Waals surface area contributed by atoms with Crippen LogP contribution in [-0.2, 0) is 4.74 Å². The van der Waals surface area contributed by atoms with Gasteiger partial charge in [-0.3, -0.25) is 0 Å². The Kier molecular flexibility index (Phi) is 3.76. The van der Waals surface area contributed by atoms with E-state index in [2.05, 4.69) is 62.3 Å². The molecule has 0 aromatic rings. The molecule has 0 aromatic heterocycles. The molecule has 0 N–H and O–H groups in total. The van der Waals surface area contributed by atoms with Gasteiger partial charge < -0.3 is 4.74 Å². The van der Waals surface area contributed by atoms with E-state index >= 15 is 0 Å². The van der Waals surface area contributed by atoms with Gasteiger partial charge in [0.2, 0.25) is 0 Å². The van der Waals surface area contributed by atoms with Crippen LogP contribution in [0.5, 0.6) is 0 Å². The summed E-state index contributed by atoms with van der Waals surface area (Å²) in [6, 6.07) is 0. The van der Waals surface area contributed by atoms with Crippen molar-refractivity contribution in [3.63, 3.8) is 0 Å². The molecule has 1 heteroatoms. The van der Waals surface area contributed by atoms with Crippen molar-refractivity contribution in [2.45, 2.75) is 80.9 Å². The second-order valence-electron chi connectivity index (χ2n) is 8.75. The Labute approximate surface area is 108 Å². The fraction of sp³-hybridized carbons (Fsp3) is 1.00. The first-order valence-electron chi connectivity index (χ1n) is 7.01. The first kappa shape index (κ1) is 15.0. The van der Waals surface area contributed by atoms with Crippen molar-refractivity contribution in [2.24, 2.45) is 22.2 Å². The van der Waals surface area contributed by atoms with E-state index in [1.807, 2.05) is 0 Å². The van der Waals surface area contributed by atoms with E-state index in [4.69, 9.17) is 4.74 Å². The molecule has 0 saturated carbocycles. The highest BCUT2D eigenvalue weighted by Gasteiger charge is 2.53. The van der Waals surface area contributed by atoms with Gasteiger partial charge in [0.25, 0.3) is 0 Å². The van der Waals surface area contributed by atoms with Crippen LogP contribution in [0, 0.1) is 22.2 Å². The molecule has 0 spiro atoms. The molecule has 3 atom stereocenters. The van der Waals surface area contributed by atoms with Crippen LogP contribution in [0.25, 0.3) is 0 Å². The standard InChI is InChI=1S/C16H32O/c1-11-16(8,9)13(15(5,6)7)12(17-11)10-14(2,3)4/h11-13H,10H2,1-9H3/t11-,12+,13+/m0/s1. The van der Waals surface area contributed by atoms with Gasteiger partial charge in [0.05, 0.1) is 12.2 Å². The number of hydrogen-bond acceptors (Lipinski definition) is 1. The molecule has 0 amide bonds. The van der Waals surface area contributed by atoms with Crippen LogP contribution < -0.4 is 0 Å². The van der Waals surface area contributed by atoms with Gasteiger partial charge in [-0.1, -0.05) is 55.4 Å². The Hall–Kier alpha value is -0.0400. The zero-order valence-corrected chi connectivity index (χ0v) is 13.3. The summed E-state index contributed by atoms with van der Waals surface area (Å²) in [6.45, 7) is 21.0. The summed E-state index contributed by atoms with van der Waals surface area (Å²) >= 11 is 0. The van der Waals surface area contributed by atoms with Crippen molar-refractivity contribution >= 4 is 0 Å². The summed E-state index contributed by atoms with van der Waals surface area (Å²) < 4.78 is 6.29. The van der Waals surface area contributed by atoms with E-state index in [1.165, 1.54) is 0 Å².